The minimum absolute atomic E-state index is 0.107. The third-order valence-electron chi connectivity index (χ3n) is 8.47. The summed E-state index contributed by atoms with van der Waals surface area (Å²) in [6.07, 6.45) is 0.706. The Morgan fingerprint density at radius 1 is 0.535 bits per heavy atom. The van der Waals surface area contributed by atoms with Crippen molar-refractivity contribution in [3.63, 3.8) is 0 Å². The second kappa shape index (κ2) is 11.1. The summed E-state index contributed by atoms with van der Waals surface area (Å²) < 4.78 is 2.64. The minimum atomic E-state index is -0.117. The molecular weight excluding hydrogens is 541 g/mol. The van der Waals surface area contributed by atoms with E-state index in [1.54, 1.807) is 0 Å². The van der Waals surface area contributed by atoms with Gasteiger partial charge >= 0.3 is 0 Å². The van der Waals surface area contributed by atoms with Crippen LogP contribution in [0.1, 0.15) is 35.3 Å². The van der Waals surface area contributed by atoms with E-state index in [-0.39, 0.29) is 12.2 Å². The molecule has 0 radical (unpaired) electrons. The highest BCUT2D eigenvalue weighted by Gasteiger charge is 2.27. The number of fused-ring (bicyclic) bond motifs is 3. The summed E-state index contributed by atoms with van der Waals surface area (Å²) in [6.45, 7) is 0. The van der Waals surface area contributed by atoms with Crippen molar-refractivity contribution in [3.8, 4) is 22.3 Å². The molecule has 2 heterocycles. The number of rotatable bonds is 5. The quantitative estimate of drug-likeness (QED) is 0.219. The van der Waals surface area contributed by atoms with Gasteiger partial charge in [-0.2, -0.15) is 0 Å². The Hall–Kier alpha value is -4.83. The van der Waals surface area contributed by atoms with E-state index in [0.29, 0.717) is 0 Å². The van der Waals surface area contributed by atoms with Gasteiger partial charge in [0, 0.05) is 38.3 Å². The van der Waals surface area contributed by atoms with Gasteiger partial charge in [0.15, 0.2) is 0 Å². The lowest BCUT2D eigenvalue weighted by Crippen LogP contribution is -2.33. The molecule has 0 saturated heterocycles. The summed E-state index contributed by atoms with van der Waals surface area (Å²) in [5, 5.41) is 6.58. The van der Waals surface area contributed by atoms with Crippen LogP contribution in [0.4, 0.5) is 0 Å². The van der Waals surface area contributed by atoms with Crippen LogP contribution >= 0.6 is 11.3 Å². The van der Waals surface area contributed by atoms with E-state index in [9.17, 15) is 0 Å². The first kappa shape index (κ1) is 25.8. The van der Waals surface area contributed by atoms with E-state index in [1.807, 2.05) is 11.3 Å². The predicted molar refractivity (Wildman–Crippen MR) is 183 cm³/mol. The first-order valence-electron chi connectivity index (χ1n) is 14.8. The van der Waals surface area contributed by atoms with Crippen molar-refractivity contribution < 1.29 is 0 Å². The first-order chi connectivity index (χ1) is 21.3. The zero-order valence-electron chi connectivity index (χ0n) is 23.7. The van der Waals surface area contributed by atoms with E-state index < -0.39 is 0 Å². The smallest absolute Gasteiger partial charge is 0.126 e. The SMILES string of the molecule is c1ccc(C2=NC(c3ccccc3)NC(c3cc(-c4ccccc4-c4ccccc4)c4c(c3)sc3ccccc34)C2)cc1. The summed E-state index contributed by atoms with van der Waals surface area (Å²) in [5.74, 6) is 0. The second-order valence-electron chi connectivity index (χ2n) is 11.1. The number of benzene rings is 6. The molecule has 1 aliphatic heterocycles. The molecule has 2 atom stereocenters. The van der Waals surface area contributed by atoms with Gasteiger partial charge < -0.3 is 0 Å². The molecular formula is C40H30N2S. The van der Waals surface area contributed by atoms with Gasteiger partial charge in [-0.3, -0.25) is 10.3 Å². The second-order valence-corrected chi connectivity index (χ2v) is 12.2. The number of thiophene rings is 1. The molecule has 8 rings (SSSR count). The Morgan fingerprint density at radius 2 is 1.16 bits per heavy atom. The van der Waals surface area contributed by atoms with Crippen LogP contribution in [0.3, 0.4) is 0 Å². The van der Waals surface area contributed by atoms with E-state index in [4.69, 9.17) is 4.99 Å². The van der Waals surface area contributed by atoms with Crippen molar-refractivity contribution in [2.24, 2.45) is 4.99 Å². The molecule has 206 valence electrons. The summed E-state index contributed by atoms with van der Waals surface area (Å²) in [6, 6.07) is 54.6. The van der Waals surface area contributed by atoms with Crippen LogP contribution in [-0.2, 0) is 0 Å². The maximum absolute atomic E-state index is 5.24. The maximum atomic E-state index is 5.24. The maximum Gasteiger partial charge on any atom is 0.126 e. The molecule has 0 saturated carbocycles. The fraction of sp³-hybridized carbons (Fsp3) is 0.0750. The molecule has 0 spiro atoms. The molecule has 6 aromatic carbocycles. The average molecular weight is 571 g/mol. The van der Waals surface area contributed by atoms with Crippen molar-refractivity contribution in [3.05, 3.63) is 168 Å². The Kier molecular flexibility index (Phi) is 6.68. The van der Waals surface area contributed by atoms with Crippen molar-refractivity contribution >= 4 is 37.2 Å². The summed E-state index contributed by atoms with van der Waals surface area (Å²) >= 11 is 1.89. The monoisotopic (exact) mass is 570 g/mol. The first-order valence-corrected chi connectivity index (χ1v) is 15.7. The molecule has 0 bridgehead atoms. The number of nitrogens with one attached hydrogen (secondary N) is 1. The lowest BCUT2D eigenvalue weighted by molar-refractivity contribution is 0.442. The standard InChI is InChI=1S/C40H30N2S/c1-4-14-27(15-5-1)31-20-10-11-21-32(31)34-24-30(25-38-39(34)33-22-12-13-23-37(33)43-38)36-26-35(28-16-6-2-7-17-28)41-40(42-36)29-18-8-3-9-19-29/h1-25,36,40,42H,26H2. The minimum Gasteiger partial charge on any atom is -0.285 e. The van der Waals surface area contributed by atoms with Gasteiger partial charge in [-0.05, 0) is 57.1 Å². The highest BCUT2D eigenvalue weighted by atomic mass is 32.1. The van der Waals surface area contributed by atoms with E-state index in [1.165, 1.54) is 59.1 Å². The van der Waals surface area contributed by atoms with Gasteiger partial charge in [0.25, 0.3) is 0 Å². The van der Waals surface area contributed by atoms with Crippen molar-refractivity contribution in [2.75, 3.05) is 0 Å². The van der Waals surface area contributed by atoms with Gasteiger partial charge in [0.05, 0.1) is 0 Å². The Balaban J connectivity index is 1.33. The third-order valence-corrected chi connectivity index (χ3v) is 9.59. The van der Waals surface area contributed by atoms with Gasteiger partial charge in [0.1, 0.15) is 6.17 Å². The normalized spacial score (nSPS) is 16.8. The van der Waals surface area contributed by atoms with E-state index in [0.717, 1.165) is 12.1 Å². The lowest BCUT2D eigenvalue weighted by Gasteiger charge is -2.31. The molecule has 0 aliphatic carbocycles. The Bertz CT molecular complexity index is 2080. The third kappa shape index (κ3) is 4.87. The van der Waals surface area contributed by atoms with E-state index >= 15 is 0 Å². The summed E-state index contributed by atoms with van der Waals surface area (Å²) in [5.41, 5.74) is 9.83. The molecule has 7 aromatic rings. The molecule has 3 heteroatoms. The van der Waals surface area contributed by atoms with Crippen LogP contribution in [-0.4, -0.2) is 5.71 Å². The highest BCUT2D eigenvalue weighted by molar-refractivity contribution is 7.26. The molecule has 43 heavy (non-hydrogen) atoms. The average Bonchev–Trinajstić information content (AvgIpc) is 3.47. The van der Waals surface area contributed by atoms with Gasteiger partial charge in [-0.25, -0.2) is 0 Å². The zero-order chi connectivity index (χ0) is 28.6. The van der Waals surface area contributed by atoms with E-state index in [2.05, 4.69) is 157 Å². The largest absolute Gasteiger partial charge is 0.285 e. The Morgan fingerprint density at radius 3 is 1.93 bits per heavy atom. The fourth-order valence-electron chi connectivity index (χ4n) is 6.41. The molecule has 1 aromatic heterocycles. The van der Waals surface area contributed by atoms with Crippen LogP contribution in [0.2, 0.25) is 0 Å². The van der Waals surface area contributed by atoms with Crippen molar-refractivity contribution in [1.82, 2.24) is 5.32 Å². The van der Waals surface area contributed by atoms with Crippen LogP contribution in [0.15, 0.2) is 157 Å². The number of nitrogens with zero attached hydrogens (tertiary/aromatic N) is 1. The molecule has 1 aliphatic rings. The molecule has 2 unspecified atom stereocenters. The van der Waals surface area contributed by atoms with Crippen molar-refractivity contribution in [1.29, 1.82) is 0 Å². The summed E-state index contributed by atoms with van der Waals surface area (Å²) in [4.78, 5) is 5.24. The van der Waals surface area contributed by atoms with Crippen LogP contribution in [0.25, 0.3) is 42.4 Å². The fourth-order valence-corrected chi connectivity index (χ4v) is 7.59. The zero-order valence-corrected chi connectivity index (χ0v) is 24.5. The van der Waals surface area contributed by atoms with Crippen LogP contribution in [0, 0.1) is 0 Å². The van der Waals surface area contributed by atoms with Gasteiger partial charge in [-0.1, -0.05) is 133 Å². The number of aliphatic imine (C=N–C) groups is 1. The van der Waals surface area contributed by atoms with Crippen molar-refractivity contribution in [2.45, 2.75) is 18.6 Å². The molecule has 0 fully saturated rings. The summed E-state index contributed by atoms with van der Waals surface area (Å²) in [7, 11) is 0. The Labute approximate surface area is 256 Å². The molecule has 0 amide bonds. The predicted octanol–water partition coefficient (Wildman–Crippen LogP) is 10.6. The van der Waals surface area contributed by atoms with Crippen LogP contribution in [0.5, 0.6) is 0 Å². The number of hydrogen-bond donors (Lipinski definition) is 1. The number of hydrogen-bond acceptors (Lipinski definition) is 3. The highest BCUT2D eigenvalue weighted by Crippen LogP contribution is 2.45. The molecule has 1 N–H and O–H groups in total. The van der Waals surface area contributed by atoms with Gasteiger partial charge in [0.2, 0.25) is 0 Å². The van der Waals surface area contributed by atoms with Gasteiger partial charge in [-0.15, -0.1) is 11.3 Å². The molecule has 2 nitrogen and oxygen atoms in total. The lowest BCUT2D eigenvalue weighted by atomic mass is 9.88. The van der Waals surface area contributed by atoms with Crippen LogP contribution < -0.4 is 5.32 Å². The topological polar surface area (TPSA) is 24.4 Å².